The Morgan fingerprint density at radius 2 is 0.542 bits per heavy atom. The van der Waals surface area contributed by atoms with Gasteiger partial charge in [0.15, 0.2) is 0 Å². The molecule has 0 bridgehead atoms. The van der Waals surface area contributed by atoms with Gasteiger partial charge in [0, 0.05) is 63.4 Å². The van der Waals surface area contributed by atoms with E-state index >= 15 is 0 Å². The van der Waals surface area contributed by atoms with Gasteiger partial charge in [-0.1, -0.05) is 48.5 Å². The molecule has 0 saturated heterocycles. The van der Waals surface area contributed by atoms with Crippen LogP contribution in [0.2, 0.25) is 0 Å². The van der Waals surface area contributed by atoms with Gasteiger partial charge in [0.05, 0.1) is 89.5 Å². The summed E-state index contributed by atoms with van der Waals surface area (Å²) in [4.78, 5) is 67.4. The molecule has 0 amide bonds. The predicted octanol–water partition coefficient (Wildman–Crippen LogP) is 2.92. The number of aromatic nitrogens is 8. The molecule has 0 atom stereocenters. The van der Waals surface area contributed by atoms with E-state index in [0.29, 0.717) is 34.2 Å². The Labute approximate surface area is 551 Å². The van der Waals surface area contributed by atoms with Crippen LogP contribution in [-0.2, 0) is 16.9 Å². The first-order chi connectivity index (χ1) is 38.3. The van der Waals surface area contributed by atoms with Gasteiger partial charge in [-0.2, -0.15) is 20.7 Å². The van der Waals surface area contributed by atoms with Crippen molar-refractivity contribution in [3.63, 3.8) is 0 Å². The van der Waals surface area contributed by atoms with Gasteiger partial charge in [-0.3, -0.25) is 39.9 Å². The van der Waals surface area contributed by atoms with Gasteiger partial charge in [0.2, 0.25) is 0 Å². The van der Waals surface area contributed by atoms with Crippen LogP contribution in [0, 0.1) is 183 Å². The van der Waals surface area contributed by atoms with E-state index in [1.54, 1.807) is 135 Å². The first kappa shape index (κ1) is 78.2. The molecule has 0 radical (unpaired) electrons. The number of pyridine rings is 8. The second-order valence-electron chi connectivity index (χ2n) is 13.6. The number of nitrogens with zero attached hydrogens (tertiary/aromatic N) is 16. The van der Waals surface area contributed by atoms with E-state index in [4.69, 9.17) is 71.8 Å². The molecule has 8 aromatic rings. The minimum absolute atomic E-state index is 0. The van der Waals surface area contributed by atoms with Crippen molar-refractivity contribution in [2.24, 2.45) is 10.2 Å². The summed E-state index contributed by atoms with van der Waals surface area (Å²) in [7, 11) is 0. The first-order valence-corrected chi connectivity index (χ1v) is 21.6. The van der Waals surface area contributed by atoms with Crippen molar-refractivity contribution in [2.45, 2.75) is 25.3 Å². The third-order valence-corrected chi connectivity index (χ3v) is 8.38. The summed E-state index contributed by atoms with van der Waals surface area (Å²) in [5, 5.41) is 110. The molecular formula is C48H43Eu2N18O15+. The van der Waals surface area contributed by atoms with Gasteiger partial charge in [0.25, 0.3) is 0 Å². The number of hydrogen-bond donors (Lipinski definition) is 2. The summed E-state index contributed by atoms with van der Waals surface area (Å²) >= 11 is 0. The molecule has 0 aliphatic carbocycles. The van der Waals surface area contributed by atoms with Crippen LogP contribution in [0.15, 0.2) is 205 Å². The topological polar surface area (TPSA) is 543 Å². The summed E-state index contributed by atoms with van der Waals surface area (Å²) in [6, 6.07) is 46.0. The number of rotatable bonds is 12. The van der Waals surface area contributed by atoms with Gasteiger partial charge in [-0.15, -0.1) is 0 Å². The Hall–Kier alpha value is -9.03. The fourth-order valence-electron chi connectivity index (χ4n) is 5.55. The van der Waals surface area contributed by atoms with Crippen molar-refractivity contribution >= 4 is 11.4 Å². The summed E-state index contributed by atoms with van der Waals surface area (Å²) in [5.41, 5.74) is 5.77. The molecule has 0 saturated carbocycles. The minimum atomic E-state index is -1.99. The monoisotopic (exact) mass is 1420 g/mol. The molecule has 8 aromatic heterocycles. The molecule has 5 N–H and O–H groups in total. The van der Waals surface area contributed by atoms with Gasteiger partial charge in [-0.25, -0.2) is 0 Å². The van der Waals surface area contributed by atoms with Crippen LogP contribution in [0.5, 0.6) is 0 Å². The van der Waals surface area contributed by atoms with E-state index in [2.05, 4.69) is 60.9 Å². The largest absolute Gasteiger partial charge is 3.00 e. The molecular weight excluding hydrogens is 1370 g/mol. The summed E-state index contributed by atoms with van der Waals surface area (Å²) in [6.07, 6.45) is 12.9. The zero-order valence-corrected chi connectivity index (χ0v) is 47.5. The quantitative estimate of drug-likeness (QED) is 0.0583. The number of hydrogen-bond acceptors (Lipinski definition) is 28. The first-order valence-electron chi connectivity index (χ1n) is 21.6. The summed E-state index contributed by atoms with van der Waals surface area (Å²) < 4.78 is 0. The average molecular weight is 1420 g/mol. The molecule has 0 aliphatic heterocycles. The molecule has 0 aromatic carbocycles. The molecule has 0 aliphatic rings. The van der Waals surface area contributed by atoms with Gasteiger partial charge in [0.1, 0.15) is 11.4 Å². The SMILES string of the molecule is CC#N.CC#N.O=[N+]([O-])[O-].O=[N+]([O-])[O-].O=[N+]([O-])[O-].O=[N+]([O-])[O-].[Eu+3].[Eu+3].[O-]C(NN=C(c1ccccn1)c1ccccn1)(c1ccccn1)c1ccccn1.[O-]C(NN=C(c1ccccn1)c1ccccn1)(c1ccccn1)c1ccccn1.[OH3+]. The summed E-state index contributed by atoms with van der Waals surface area (Å²) in [5.74, 6) is 0. The van der Waals surface area contributed by atoms with Crippen molar-refractivity contribution in [1.82, 2.24) is 50.7 Å². The van der Waals surface area contributed by atoms with E-state index in [-0.39, 0.29) is 127 Å². The second-order valence-corrected chi connectivity index (χ2v) is 13.6. The molecule has 0 fully saturated rings. The molecule has 33 nitrogen and oxygen atoms in total. The average Bonchev–Trinajstić information content (AvgIpc) is 3.57. The maximum atomic E-state index is 13.9. The number of hydrazone groups is 2. The van der Waals surface area contributed by atoms with Crippen LogP contribution in [0.3, 0.4) is 0 Å². The van der Waals surface area contributed by atoms with Crippen molar-refractivity contribution in [3.8, 4) is 12.1 Å². The molecule has 35 heteroatoms. The molecule has 8 rings (SSSR count). The third kappa shape index (κ3) is 32.1. The van der Waals surface area contributed by atoms with E-state index in [1.807, 2.05) is 72.8 Å². The maximum absolute atomic E-state index is 13.9. The van der Waals surface area contributed by atoms with Crippen LogP contribution in [-0.4, -0.2) is 71.6 Å². The van der Waals surface area contributed by atoms with Gasteiger partial charge < -0.3 is 87.8 Å². The van der Waals surface area contributed by atoms with Crippen molar-refractivity contribution in [3.05, 3.63) is 302 Å². The van der Waals surface area contributed by atoms with Crippen LogP contribution >= 0.6 is 0 Å². The van der Waals surface area contributed by atoms with Gasteiger partial charge >= 0.3 is 98.8 Å². The Bertz CT molecular complexity index is 2780. The Balaban J connectivity index is -0.00000111. The molecule has 8 heterocycles. The normalized spacial score (nSPS) is 8.99. The second kappa shape index (κ2) is 45.7. The Morgan fingerprint density at radius 1 is 0.386 bits per heavy atom. The Morgan fingerprint density at radius 3 is 0.675 bits per heavy atom. The van der Waals surface area contributed by atoms with Crippen LogP contribution in [0.4, 0.5) is 0 Å². The third-order valence-electron chi connectivity index (χ3n) is 8.38. The predicted molar refractivity (Wildman–Crippen MR) is 282 cm³/mol. The van der Waals surface area contributed by atoms with E-state index in [1.165, 1.54) is 13.8 Å². The van der Waals surface area contributed by atoms with E-state index < -0.39 is 31.8 Å². The number of nitrogens with one attached hydrogen (secondary N) is 2. The van der Waals surface area contributed by atoms with Crippen molar-refractivity contribution in [1.29, 1.82) is 10.5 Å². The maximum Gasteiger partial charge on any atom is 3.00 e. The summed E-state index contributed by atoms with van der Waals surface area (Å²) in [6.45, 7) is 2.86. The smallest absolute Gasteiger partial charge is 0.823 e. The molecule has 0 unspecified atom stereocenters. The van der Waals surface area contributed by atoms with Crippen molar-refractivity contribution in [2.75, 3.05) is 0 Å². The van der Waals surface area contributed by atoms with E-state index in [9.17, 15) is 10.2 Å². The molecule has 428 valence electrons. The number of nitriles is 2. The van der Waals surface area contributed by atoms with E-state index in [0.717, 1.165) is 0 Å². The molecule has 0 spiro atoms. The van der Waals surface area contributed by atoms with Crippen LogP contribution in [0.25, 0.3) is 0 Å². The standard InChI is InChI=1S/2C22H17N6O.2C2H3N.2Eu.4NO3.H2O/c2*29-22(19-11-3-7-15-25-19,20-12-4-8-16-26-20)28-27-21(17-9-1-5-13-23-17)18-10-2-6-14-24-18;2*1-2-3;;;4*2-1(3)4;/h2*1-16,28H;2*1H3;;;;;;;1H2/q2*-1;;;2*+3;4*-1;/p+1. The zero-order chi connectivity index (χ0) is 59.6. The van der Waals surface area contributed by atoms with Crippen LogP contribution in [0.1, 0.15) is 59.4 Å². The van der Waals surface area contributed by atoms with Crippen LogP contribution < -0.4 is 21.1 Å². The molecule has 83 heavy (non-hydrogen) atoms. The Kier molecular flexibility index (Phi) is 43.0. The fraction of sp³-hybridized carbons (Fsp3) is 0.0833. The van der Waals surface area contributed by atoms with Crippen molar-refractivity contribution < 1.29 is 135 Å². The minimum Gasteiger partial charge on any atom is -0.823 e. The fourth-order valence-corrected chi connectivity index (χ4v) is 5.55. The van der Waals surface area contributed by atoms with Gasteiger partial charge in [-0.05, 0) is 97.1 Å². The zero-order valence-electron chi connectivity index (χ0n) is 42.7.